The van der Waals surface area contributed by atoms with Gasteiger partial charge in [-0.25, -0.2) is 4.98 Å². The van der Waals surface area contributed by atoms with E-state index in [0.29, 0.717) is 5.92 Å². The van der Waals surface area contributed by atoms with Crippen molar-refractivity contribution in [3.63, 3.8) is 0 Å². The van der Waals surface area contributed by atoms with Crippen molar-refractivity contribution in [3.8, 4) is 5.75 Å². The van der Waals surface area contributed by atoms with E-state index in [1.807, 2.05) is 31.4 Å². The van der Waals surface area contributed by atoms with Crippen molar-refractivity contribution >= 4 is 16.6 Å². The zero-order valence-corrected chi connectivity index (χ0v) is 12.7. The van der Waals surface area contributed by atoms with Gasteiger partial charge < -0.3 is 15.0 Å². The smallest absolute Gasteiger partial charge is 0.136 e. The fourth-order valence-corrected chi connectivity index (χ4v) is 2.61. The molecule has 1 atom stereocenters. The highest BCUT2D eigenvalue weighted by Gasteiger charge is 2.12. The van der Waals surface area contributed by atoms with E-state index in [1.54, 1.807) is 7.11 Å². The van der Waals surface area contributed by atoms with Crippen molar-refractivity contribution < 1.29 is 4.74 Å². The molecule has 1 heterocycles. The van der Waals surface area contributed by atoms with Crippen LogP contribution in [0.5, 0.6) is 5.75 Å². The maximum atomic E-state index is 5.43. The van der Waals surface area contributed by atoms with Crippen LogP contribution >= 0.6 is 0 Å². The van der Waals surface area contributed by atoms with E-state index in [0.717, 1.165) is 35.4 Å². The van der Waals surface area contributed by atoms with Crippen molar-refractivity contribution in [1.29, 1.82) is 0 Å². The van der Waals surface area contributed by atoms with Gasteiger partial charge in [0, 0.05) is 30.6 Å². The summed E-state index contributed by atoms with van der Waals surface area (Å²) in [4.78, 5) is 6.76. The molecule has 0 aliphatic rings. The molecule has 108 valence electrons. The van der Waals surface area contributed by atoms with Crippen LogP contribution in [0.2, 0.25) is 0 Å². The molecule has 0 bridgehead atoms. The van der Waals surface area contributed by atoms with Gasteiger partial charge in [0.1, 0.15) is 11.6 Å². The summed E-state index contributed by atoms with van der Waals surface area (Å²) >= 11 is 0. The Balaban J connectivity index is 2.34. The quantitative estimate of drug-likeness (QED) is 0.877. The summed E-state index contributed by atoms with van der Waals surface area (Å²) in [6.45, 7) is 4.20. The molecule has 0 aliphatic carbocycles. The zero-order valence-electron chi connectivity index (χ0n) is 12.7. The highest BCUT2D eigenvalue weighted by atomic mass is 16.5. The molecule has 4 heteroatoms. The van der Waals surface area contributed by atoms with Crippen molar-refractivity contribution in [2.45, 2.75) is 6.92 Å². The minimum atomic E-state index is 0.563. The second-order valence-corrected chi connectivity index (χ2v) is 5.23. The van der Waals surface area contributed by atoms with Gasteiger partial charge in [0.25, 0.3) is 0 Å². The molecule has 1 aromatic heterocycles. The van der Waals surface area contributed by atoms with E-state index in [9.17, 15) is 0 Å². The molecule has 4 nitrogen and oxygen atoms in total. The van der Waals surface area contributed by atoms with Crippen LogP contribution in [0.15, 0.2) is 30.5 Å². The molecule has 1 N–H and O–H groups in total. The molecule has 0 radical (unpaired) electrons. The number of pyridine rings is 1. The van der Waals surface area contributed by atoms with Crippen LogP contribution in [-0.2, 0) is 0 Å². The molecule has 0 aliphatic heterocycles. The van der Waals surface area contributed by atoms with Crippen LogP contribution in [0.3, 0.4) is 0 Å². The normalized spacial score (nSPS) is 12.4. The van der Waals surface area contributed by atoms with E-state index >= 15 is 0 Å². The van der Waals surface area contributed by atoms with Gasteiger partial charge >= 0.3 is 0 Å². The van der Waals surface area contributed by atoms with Crippen molar-refractivity contribution in [3.05, 3.63) is 30.5 Å². The Bertz CT molecular complexity index is 571. The third kappa shape index (κ3) is 3.02. The highest BCUT2D eigenvalue weighted by Crippen LogP contribution is 2.30. The first kappa shape index (κ1) is 14.6. The SMILES string of the molecule is CNCC(C)CN(C)c1nccc2c(OC)cccc12. The summed E-state index contributed by atoms with van der Waals surface area (Å²) in [5, 5.41) is 5.45. The zero-order chi connectivity index (χ0) is 14.5. The van der Waals surface area contributed by atoms with Crippen molar-refractivity contribution in [2.75, 3.05) is 39.2 Å². The van der Waals surface area contributed by atoms with Gasteiger partial charge in [0.15, 0.2) is 0 Å². The predicted octanol–water partition coefficient (Wildman–Crippen LogP) is 2.54. The topological polar surface area (TPSA) is 37.4 Å². The lowest BCUT2D eigenvalue weighted by Gasteiger charge is -2.23. The maximum absolute atomic E-state index is 5.43. The Morgan fingerprint density at radius 3 is 2.80 bits per heavy atom. The number of methoxy groups -OCH3 is 1. The first-order valence-corrected chi connectivity index (χ1v) is 6.94. The molecule has 0 spiro atoms. The molecule has 1 aromatic carbocycles. The molecule has 0 saturated carbocycles. The average molecular weight is 273 g/mol. The molecule has 1 unspecified atom stereocenters. The lowest BCUT2D eigenvalue weighted by Crippen LogP contribution is -2.30. The van der Waals surface area contributed by atoms with Crippen LogP contribution in [0.1, 0.15) is 6.92 Å². The molecule has 0 saturated heterocycles. The largest absolute Gasteiger partial charge is 0.496 e. The summed E-state index contributed by atoms with van der Waals surface area (Å²) in [5.74, 6) is 2.46. The Morgan fingerprint density at radius 2 is 2.10 bits per heavy atom. The molecular formula is C16H23N3O. The van der Waals surface area contributed by atoms with Gasteiger partial charge in [-0.05, 0) is 31.6 Å². The first-order valence-electron chi connectivity index (χ1n) is 6.94. The van der Waals surface area contributed by atoms with Gasteiger partial charge in [-0.2, -0.15) is 0 Å². The Hall–Kier alpha value is -1.81. The molecule has 0 amide bonds. The lowest BCUT2D eigenvalue weighted by atomic mass is 10.1. The monoisotopic (exact) mass is 273 g/mol. The minimum Gasteiger partial charge on any atom is -0.496 e. The van der Waals surface area contributed by atoms with Gasteiger partial charge in [0.05, 0.1) is 7.11 Å². The fraction of sp³-hybridized carbons (Fsp3) is 0.438. The van der Waals surface area contributed by atoms with Crippen molar-refractivity contribution in [1.82, 2.24) is 10.3 Å². The van der Waals surface area contributed by atoms with E-state index in [1.165, 1.54) is 0 Å². The van der Waals surface area contributed by atoms with Crippen LogP contribution in [-0.4, -0.2) is 39.3 Å². The average Bonchev–Trinajstić information content (AvgIpc) is 2.46. The Labute approximate surface area is 120 Å². The summed E-state index contributed by atoms with van der Waals surface area (Å²) in [6.07, 6.45) is 1.85. The Kier molecular flexibility index (Phi) is 4.79. The number of anilines is 1. The minimum absolute atomic E-state index is 0.563. The Morgan fingerprint density at radius 1 is 1.30 bits per heavy atom. The van der Waals surface area contributed by atoms with Gasteiger partial charge in [-0.1, -0.05) is 19.1 Å². The summed E-state index contributed by atoms with van der Waals surface area (Å²) in [6, 6.07) is 8.09. The molecule has 2 rings (SSSR count). The van der Waals surface area contributed by atoms with Gasteiger partial charge in [-0.15, -0.1) is 0 Å². The van der Waals surface area contributed by atoms with Gasteiger partial charge in [0.2, 0.25) is 0 Å². The summed E-state index contributed by atoms with van der Waals surface area (Å²) in [7, 11) is 5.78. The lowest BCUT2D eigenvalue weighted by molar-refractivity contribution is 0.420. The predicted molar refractivity (Wildman–Crippen MR) is 84.7 cm³/mol. The third-order valence-electron chi connectivity index (χ3n) is 3.46. The number of nitrogens with zero attached hydrogens (tertiary/aromatic N) is 2. The standard InChI is InChI=1S/C16H23N3O/c1-12(10-17-2)11-19(3)16-14-6-5-7-15(20-4)13(14)8-9-18-16/h5-9,12,17H,10-11H2,1-4H3. The van der Waals surface area contributed by atoms with Crippen molar-refractivity contribution in [2.24, 2.45) is 5.92 Å². The number of hydrogen-bond donors (Lipinski definition) is 1. The number of ether oxygens (including phenoxy) is 1. The number of aromatic nitrogens is 1. The van der Waals surface area contributed by atoms with E-state index in [2.05, 4.69) is 35.2 Å². The second-order valence-electron chi connectivity index (χ2n) is 5.23. The number of hydrogen-bond acceptors (Lipinski definition) is 4. The second kappa shape index (κ2) is 6.57. The van der Waals surface area contributed by atoms with Crippen LogP contribution in [0, 0.1) is 5.92 Å². The van der Waals surface area contributed by atoms with Crippen LogP contribution < -0.4 is 15.0 Å². The van der Waals surface area contributed by atoms with E-state index < -0.39 is 0 Å². The summed E-state index contributed by atoms with van der Waals surface area (Å²) in [5.41, 5.74) is 0. The number of nitrogens with one attached hydrogen (secondary N) is 1. The number of rotatable bonds is 6. The maximum Gasteiger partial charge on any atom is 0.136 e. The van der Waals surface area contributed by atoms with E-state index in [-0.39, 0.29) is 0 Å². The van der Waals surface area contributed by atoms with E-state index in [4.69, 9.17) is 4.74 Å². The molecule has 20 heavy (non-hydrogen) atoms. The summed E-state index contributed by atoms with van der Waals surface area (Å²) < 4.78 is 5.43. The molecule has 0 fully saturated rings. The third-order valence-corrected chi connectivity index (χ3v) is 3.46. The van der Waals surface area contributed by atoms with Crippen LogP contribution in [0.25, 0.3) is 10.8 Å². The molecular weight excluding hydrogens is 250 g/mol. The number of fused-ring (bicyclic) bond motifs is 1. The highest BCUT2D eigenvalue weighted by molar-refractivity contribution is 5.96. The van der Waals surface area contributed by atoms with Crippen LogP contribution in [0.4, 0.5) is 5.82 Å². The number of benzene rings is 1. The first-order chi connectivity index (χ1) is 9.67. The molecule has 2 aromatic rings. The van der Waals surface area contributed by atoms with Gasteiger partial charge in [-0.3, -0.25) is 0 Å². The fourth-order valence-electron chi connectivity index (χ4n) is 2.61.